The number of alkyl halides is 3. The monoisotopic (exact) mass is 432 g/mol. The maximum absolute atomic E-state index is 13.1. The number of carbonyl (C=O) groups is 2. The van der Waals surface area contributed by atoms with Gasteiger partial charge >= 0.3 is 6.18 Å². The van der Waals surface area contributed by atoms with Crippen LogP contribution in [-0.4, -0.2) is 22.8 Å². The highest BCUT2D eigenvalue weighted by Gasteiger charge is 2.33. The van der Waals surface area contributed by atoms with Gasteiger partial charge in [-0.1, -0.05) is 6.07 Å². The van der Waals surface area contributed by atoms with Gasteiger partial charge in [0.15, 0.2) is 0 Å². The van der Waals surface area contributed by atoms with Crippen LogP contribution in [-0.2, 0) is 22.3 Å². The van der Waals surface area contributed by atoms with Gasteiger partial charge in [0.1, 0.15) is 11.6 Å². The van der Waals surface area contributed by atoms with Crippen LogP contribution >= 0.6 is 11.8 Å². The largest absolute Gasteiger partial charge is 0.416 e. The minimum Gasteiger partial charge on any atom is -0.351 e. The van der Waals surface area contributed by atoms with Crippen molar-refractivity contribution in [3.8, 4) is 0 Å². The van der Waals surface area contributed by atoms with E-state index in [4.69, 9.17) is 0 Å². The van der Waals surface area contributed by atoms with Crippen LogP contribution in [0.15, 0.2) is 42.5 Å². The molecule has 0 saturated carbocycles. The summed E-state index contributed by atoms with van der Waals surface area (Å²) in [5.41, 5.74) is -1.03. The highest BCUT2D eigenvalue weighted by Crippen LogP contribution is 2.32. The van der Waals surface area contributed by atoms with Crippen molar-refractivity contribution in [3.63, 3.8) is 0 Å². The standard InChI is InChI=1S/C19H17F5N2O2S/c1-11(29-10-17(27)26-15-6-4-13(20)5-7-15)18(28)25-9-12-2-3-14(21)8-16(12)19(22,23)24/h2-8,11H,9-10H2,1H3,(H,25,28)(H,26,27). The fraction of sp³-hybridized carbons (Fsp3) is 0.263. The Morgan fingerprint density at radius 3 is 2.28 bits per heavy atom. The zero-order valence-electron chi connectivity index (χ0n) is 15.1. The molecule has 2 N–H and O–H groups in total. The molecule has 0 aliphatic heterocycles. The van der Waals surface area contributed by atoms with Crippen LogP contribution in [0.2, 0.25) is 0 Å². The first-order valence-electron chi connectivity index (χ1n) is 8.36. The number of anilines is 1. The molecule has 0 aliphatic rings. The van der Waals surface area contributed by atoms with Crippen molar-refractivity contribution in [2.45, 2.75) is 24.9 Å². The summed E-state index contributed by atoms with van der Waals surface area (Å²) in [6.45, 7) is 1.07. The summed E-state index contributed by atoms with van der Waals surface area (Å²) in [7, 11) is 0. The van der Waals surface area contributed by atoms with Crippen molar-refractivity contribution >= 4 is 29.3 Å². The maximum atomic E-state index is 13.1. The van der Waals surface area contributed by atoms with Gasteiger partial charge in [-0.25, -0.2) is 8.78 Å². The molecule has 1 unspecified atom stereocenters. The number of benzene rings is 2. The summed E-state index contributed by atoms with van der Waals surface area (Å²) in [6, 6.07) is 7.36. The Morgan fingerprint density at radius 1 is 1.03 bits per heavy atom. The van der Waals surface area contributed by atoms with Crippen LogP contribution in [0.1, 0.15) is 18.1 Å². The lowest BCUT2D eigenvalue weighted by molar-refractivity contribution is -0.138. The lowest BCUT2D eigenvalue weighted by Gasteiger charge is -2.15. The third-order valence-electron chi connectivity index (χ3n) is 3.79. The van der Waals surface area contributed by atoms with Crippen LogP contribution in [0.3, 0.4) is 0 Å². The second-order valence-electron chi connectivity index (χ2n) is 6.03. The van der Waals surface area contributed by atoms with Gasteiger partial charge in [0.2, 0.25) is 11.8 Å². The fourth-order valence-corrected chi connectivity index (χ4v) is 3.01. The summed E-state index contributed by atoms with van der Waals surface area (Å²) in [6.07, 6.45) is -4.75. The molecule has 156 valence electrons. The first kappa shape index (κ1) is 22.7. The molecule has 29 heavy (non-hydrogen) atoms. The lowest BCUT2D eigenvalue weighted by atomic mass is 10.1. The van der Waals surface area contributed by atoms with E-state index < -0.39 is 47.0 Å². The van der Waals surface area contributed by atoms with Crippen molar-refractivity contribution in [1.29, 1.82) is 0 Å². The smallest absolute Gasteiger partial charge is 0.351 e. The lowest BCUT2D eigenvalue weighted by Crippen LogP contribution is -2.32. The van der Waals surface area contributed by atoms with Crippen LogP contribution < -0.4 is 10.6 Å². The molecule has 2 rings (SSSR count). The molecule has 0 aliphatic carbocycles. The topological polar surface area (TPSA) is 58.2 Å². The molecule has 0 heterocycles. The van der Waals surface area contributed by atoms with E-state index >= 15 is 0 Å². The first-order valence-corrected chi connectivity index (χ1v) is 9.41. The van der Waals surface area contributed by atoms with Gasteiger partial charge in [-0.05, 0) is 48.9 Å². The number of thioether (sulfide) groups is 1. The Labute approximate surface area is 167 Å². The molecule has 2 aromatic carbocycles. The second-order valence-corrected chi connectivity index (χ2v) is 7.35. The molecular weight excluding hydrogens is 415 g/mol. The number of carbonyl (C=O) groups excluding carboxylic acids is 2. The van der Waals surface area contributed by atoms with E-state index in [2.05, 4.69) is 10.6 Å². The number of halogens is 5. The average Bonchev–Trinajstić information content (AvgIpc) is 2.66. The van der Waals surface area contributed by atoms with E-state index in [1.165, 1.54) is 31.2 Å². The van der Waals surface area contributed by atoms with Crippen LogP contribution in [0, 0.1) is 11.6 Å². The number of hydrogen-bond acceptors (Lipinski definition) is 3. The van der Waals surface area contributed by atoms with E-state index in [1.807, 2.05) is 0 Å². The Bertz CT molecular complexity index is 872. The molecule has 0 spiro atoms. The number of hydrogen-bond donors (Lipinski definition) is 2. The van der Waals surface area contributed by atoms with Gasteiger partial charge in [-0.3, -0.25) is 9.59 Å². The molecule has 2 aromatic rings. The van der Waals surface area contributed by atoms with Crippen LogP contribution in [0.4, 0.5) is 27.6 Å². The third-order valence-corrected chi connectivity index (χ3v) is 4.93. The number of amides is 2. The van der Waals surface area contributed by atoms with E-state index in [9.17, 15) is 31.5 Å². The summed E-state index contributed by atoms with van der Waals surface area (Å²) in [4.78, 5) is 24.0. The van der Waals surface area contributed by atoms with Gasteiger partial charge < -0.3 is 10.6 Å². The SMILES string of the molecule is CC(SCC(=O)Nc1ccc(F)cc1)C(=O)NCc1ccc(F)cc1C(F)(F)F. The van der Waals surface area contributed by atoms with Crippen molar-refractivity contribution in [2.75, 3.05) is 11.1 Å². The zero-order chi connectivity index (χ0) is 21.6. The Balaban J connectivity index is 1.85. The second kappa shape index (κ2) is 9.73. The zero-order valence-corrected chi connectivity index (χ0v) is 16.0. The first-order chi connectivity index (χ1) is 13.6. The summed E-state index contributed by atoms with van der Waals surface area (Å²) < 4.78 is 64.9. The Morgan fingerprint density at radius 2 is 1.66 bits per heavy atom. The molecule has 1 atom stereocenters. The fourth-order valence-electron chi connectivity index (χ4n) is 2.30. The van der Waals surface area contributed by atoms with E-state index in [-0.39, 0.29) is 11.3 Å². The van der Waals surface area contributed by atoms with Gasteiger partial charge in [0.25, 0.3) is 0 Å². The summed E-state index contributed by atoms with van der Waals surface area (Å²) in [5, 5.41) is 4.17. The van der Waals surface area contributed by atoms with Crippen molar-refractivity contribution in [3.05, 3.63) is 65.2 Å². The van der Waals surface area contributed by atoms with E-state index in [0.717, 1.165) is 23.9 Å². The summed E-state index contributed by atoms with van der Waals surface area (Å²) >= 11 is 0.982. The quantitative estimate of drug-likeness (QED) is 0.640. The maximum Gasteiger partial charge on any atom is 0.416 e. The average molecular weight is 432 g/mol. The minimum atomic E-state index is -4.75. The van der Waals surface area contributed by atoms with Crippen LogP contribution in [0.5, 0.6) is 0 Å². The minimum absolute atomic E-state index is 0.0870. The molecule has 0 radical (unpaired) electrons. The van der Waals surface area contributed by atoms with Crippen LogP contribution in [0.25, 0.3) is 0 Å². The van der Waals surface area contributed by atoms with Gasteiger partial charge in [-0.15, -0.1) is 11.8 Å². The van der Waals surface area contributed by atoms with Crippen molar-refractivity contribution < 1.29 is 31.5 Å². The molecule has 0 aromatic heterocycles. The number of rotatable bonds is 7. The predicted molar refractivity (Wildman–Crippen MR) is 100 cm³/mol. The number of nitrogens with one attached hydrogen (secondary N) is 2. The molecule has 0 fully saturated rings. The van der Waals surface area contributed by atoms with E-state index in [0.29, 0.717) is 11.8 Å². The molecule has 2 amide bonds. The van der Waals surface area contributed by atoms with Crippen molar-refractivity contribution in [2.24, 2.45) is 0 Å². The Hall–Kier alpha value is -2.62. The predicted octanol–water partition coefficient (Wildman–Crippen LogP) is 4.36. The molecule has 0 saturated heterocycles. The molecule has 4 nitrogen and oxygen atoms in total. The van der Waals surface area contributed by atoms with Gasteiger partial charge in [0, 0.05) is 12.2 Å². The molecular formula is C19H17F5N2O2S. The molecule has 0 bridgehead atoms. The van der Waals surface area contributed by atoms with Gasteiger partial charge in [0.05, 0.1) is 16.6 Å². The van der Waals surface area contributed by atoms with E-state index in [1.54, 1.807) is 0 Å². The van der Waals surface area contributed by atoms with Gasteiger partial charge in [-0.2, -0.15) is 13.2 Å². The molecule has 10 heteroatoms. The normalized spacial score (nSPS) is 12.3. The summed E-state index contributed by atoms with van der Waals surface area (Å²) in [5.74, 6) is -2.54. The Kier molecular flexibility index (Phi) is 7.60. The van der Waals surface area contributed by atoms with Crippen molar-refractivity contribution in [1.82, 2.24) is 5.32 Å². The highest BCUT2D eigenvalue weighted by molar-refractivity contribution is 8.01. The highest BCUT2D eigenvalue weighted by atomic mass is 32.2. The third kappa shape index (κ3) is 7.04.